The van der Waals surface area contributed by atoms with Crippen LogP contribution in [0.25, 0.3) is 5.69 Å². The Morgan fingerprint density at radius 2 is 1.79 bits per heavy atom. The highest BCUT2D eigenvalue weighted by Crippen LogP contribution is 2.22. The molecule has 0 spiro atoms. The number of hydrogen-bond acceptors (Lipinski definition) is 4. The lowest BCUT2D eigenvalue weighted by Crippen LogP contribution is -2.00. The van der Waals surface area contributed by atoms with E-state index in [1.54, 1.807) is 18.3 Å². The molecule has 0 saturated carbocycles. The molecule has 3 rings (SSSR count). The van der Waals surface area contributed by atoms with Gasteiger partial charge in [0.15, 0.2) is 0 Å². The maximum atomic E-state index is 10.8. The van der Waals surface area contributed by atoms with Gasteiger partial charge in [0.2, 0.25) is 0 Å². The second-order valence-electron chi connectivity index (χ2n) is 6.94. The summed E-state index contributed by atoms with van der Waals surface area (Å²) in [6.07, 6.45) is 1.68. The summed E-state index contributed by atoms with van der Waals surface area (Å²) in [4.78, 5) is 15.8. The van der Waals surface area contributed by atoms with Crippen LogP contribution in [-0.2, 0) is 11.4 Å². The van der Waals surface area contributed by atoms with E-state index < -0.39 is 4.92 Å². The Bertz CT molecular complexity index is 1030. The number of nitro groups is 1. The van der Waals surface area contributed by atoms with E-state index in [2.05, 4.69) is 54.8 Å². The smallest absolute Gasteiger partial charge is 0.269 e. The number of non-ortho nitro benzene ring substituents is 1. The van der Waals surface area contributed by atoms with Gasteiger partial charge in [-0.3, -0.25) is 10.1 Å². The Morgan fingerprint density at radius 1 is 1.07 bits per heavy atom. The third kappa shape index (κ3) is 4.28. The first-order valence-electron chi connectivity index (χ1n) is 9.01. The number of nitro benzene ring substituents is 1. The van der Waals surface area contributed by atoms with Gasteiger partial charge in [0.1, 0.15) is 6.61 Å². The molecule has 0 aliphatic carbocycles. The van der Waals surface area contributed by atoms with Crippen molar-refractivity contribution in [3.63, 3.8) is 0 Å². The molecule has 0 saturated heterocycles. The van der Waals surface area contributed by atoms with E-state index in [9.17, 15) is 10.1 Å². The Balaban J connectivity index is 1.75. The van der Waals surface area contributed by atoms with Gasteiger partial charge in [-0.2, -0.15) is 0 Å². The van der Waals surface area contributed by atoms with Gasteiger partial charge in [0, 0.05) is 34.8 Å². The minimum absolute atomic E-state index is 0.0436. The second-order valence-corrected chi connectivity index (χ2v) is 6.94. The molecule has 144 valence electrons. The van der Waals surface area contributed by atoms with Crippen molar-refractivity contribution in [1.82, 2.24) is 4.57 Å². The van der Waals surface area contributed by atoms with Crippen molar-refractivity contribution >= 4 is 11.9 Å². The zero-order valence-electron chi connectivity index (χ0n) is 16.5. The van der Waals surface area contributed by atoms with Gasteiger partial charge in [0.25, 0.3) is 5.69 Å². The lowest BCUT2D eigenvalue weighted by atomic mass is 10.1. The van der Waals surface area contributed by atoms with Crippen molar-refractivity contribution in [3.8, 4) is 5.69 Å². The quantitative estimate of drug-likeness (QED) is 0.338. The average Bonchev–Trinajstić information content (AvgIpc) is 2.91. The molecule has 0 atom stereocenters. The Kier molecular flexibility index (Phi) is 5.59. The molecule has 0 radical (unpaired) electrons. The van der Waals surface area contributed by atoms with Gasteiger partial charge in [-0.15, -0.1) is 0 Å². The number of rotatable bonds is 6. The third-order valence-electron chi connectivity index (χ3n) is 4.55. The average molecular weight is 377 g/mol. The standard InChI is InChI=1S/C22H23N3O3/c1-15-8-16(2)10-22(9-15)24-17(3)11-20(18(24)4)13-23-28-14-19-6-5-7-21(12-19)25(26)27/h5-13H,14H2,1-4H3/b23-13-. The van der Waals surface area contributed by atoms with Gasteiger partial charge in [-0.1, -0.05) is 23.4 Å². The number of aromatic nitrogens is 1. The molecule has 0 fully saturated rings. The summed E-state index contributed by atoms with van der Waals surface area (Å²) < 4.78 is 2.20. The highest BCUT2D eigenvalue weighted by Gasteiger charge is 2.10. The number of oxime groups is 1. The maximum absolute atomic E-state index is 10.8. The van der Waals surface area contributed by atoms with Crippen molar-refractivity contribution in [2.75, 3.05) is 0 Å². The lowest BCUT2D eigenvalue weighted by Gasteiger charge is -2.11. The first-order chi connectivity index (χ1) is 13.3. The van der Waals surface area contributed by atoms with E-state index in [0.717, 1.165) is 22.6 Å². The molecule has 0 amide bonds. The first kappa shape index (κ1) is 19.4. The summed E-state index contributed by atoms with van der Waals surface area (Å²) in [5, 5.41) is 14.9. The topological polar surface area (TPSA) is 69.7 Å². The van der Waals surface area contributed by atoms with E-state index >= 15 is 0 Å². The summed E-state index contributed by atoms with van der Waals surface area (Å²) in [5.41, 5.74) is 7.47. The van der Waals surface area contributed by atoms with Gasteiger partial charge in [0.05, 0.1) is 11.1 Å². The van der Waals surface area contributed by atoms with Crippen LogP contribution in [0.15, 0.2) is 53.7 Å². The Hall–Kier alpha value is -3.41. The van der Waals surface area contributed by atoms with Crippen LogP contribution < -0.4 is 0 Å². The molecule has 0 N–H and O–H groups in total. The summed E-state index contributed by atoms with van der Waals surface area (Å²) >= 11 is 0. The van der Waals surface area contributed by atoms with Crippen molar-refractivity contribution in [2.45, 2.75) is 34.3 Å². The third-order valence-corrected chi connectivity index (χ3v) is 4.55. The molecular formula is C22H23N3O3. The molecule has 6 nitrogen and oxygen atoms in total. The van der Waals surface area contributed by atoms with Crippen LogP contribution in [0.3, 0.4) is 0 Å². The molecule has 0 unspecified atom stereocenters. The van der Waals surface area contributed by atoms with E-state index in [1.165, 1.54) is 23.3 Å². The minimum atomic E-state index is -0.422. The van der Waals surface area contributed by atoms with Gasteiger partial charge < -0.3 is 9.40 Å². The fourth-order valence-electron chi connectivity index (χ4n) is 3.36. The van der Waals surface area contributed by atoms with E-state index in [0.29, 0.717) is 5.56 Å². The molecule has 0 aliphatic heterocycles. The van der Waals surface area contributed by atoms with Crippen LogP contribution in [0.4, 0.5) is 5.69 Å². The lowest BCUT2D eigenvalue weighted by molar-refractivity contribution is -0.384. The first-order valence-corrected chi connectivity index (χ1v) is 9.01. The van der Waals surface area contributed by atoms with Crippen LogP contribution >= 0.6 is 0 Å². The van der Waals surface area contributed by atoms with Gasteiger partial charge in [-0.25, -0.2) is 0 Å². The predicted molar refractivity (Wildman–Crippen MR) is 110 cm³/mol. The highest BCUT2D eigenvalue weighted by atomic mass is 16.6. The van der Waals surface area contributed by atoms with Crippen LogP contribution in [0.2, 0.25) is 0 Å². The Labute approximate surface area is 164 Å². The molecule has 28 heavy (non-hydrogen) atoms. The number of benzene rings is 2. The number of nitrogens with zero attached hydrogens (tertiary/aromatic N) is 3. The monoisotopic (exact) mass is 377 g/mol. The van der Waals surface area contributed by atoms with Crippen molar-refractivity contribution in [2.24, 2.45) is 5.16 Å². The summed E-state index contributed by atoms with van der Waals surface area (Å²) in [7, 11) is 0. The predicted octanol–water partition coefficient (Wildman–Crippen LogP) is 5.17. The van der Waals surface area contributed by atoms with E-state index in [1.807, 2.05) is 6.92 Å². The zero-order chi connectivity index (χ0) is 20.3. The van der Waals surface area contributed by atoms with Gasteiger partial charge >= 0.3 is 0 Å². The van der Waals surface area contributed by atoms with Crippen molar-refractivity contribution in [1.29, 1.82) is 0 Å². The summed E-state index contributed by atoms with van der Waals surface area (Å²) in [6.45, 7) is 8.47. The molecule has 0 bridgehead atoms. The van der Waals surface area contributed by atoms with Crippen molar-refractivity contribution in [3.05, 3.63) is 92.3 Å². The SMILES string of the molecule is Cc1cc(C)cc(-n2c(C)cc(/C=N\OCc3cccc([N+](=O)[O-])c3)c2C)c1. The maximum Gasteiger partial charge on any atom is 0.269 e. The molecule has 3 aromatic rings. The molecule has 0 aliphatic rings. The normalized spacial score (nSPS) is 11.1. The van der Waals surface area contributed by atoms with Gasteiger partial charge in [-0.05, 0) is 62.6 Å². The molecule has 6 heteroatoms. The second kappa shape index (κ2) is 8.08. The number of hydrogen-bond donors (Lipinski definition) is 0. The van der Waals surface area contributed by atoms with E-state index in [4.69, 9.17) is 4.84 Å². The fraction of sp³-hybridized carbons (Fsp3) is 0.227. The van der Waals surface area contributed by atoms with Crippen LogP contribution in [0.5, 0.6) is 0 Å². The largest absolute Gasteiger partial charge is 0.391 e. The van der Waals surface area contributed by atoms with Crippen LogP contribution in [-0.4, -0.2) is 15.7 Å². The molecule has 2 aromatic carbocycles. The van der Waals surface area contributed by atoms with Crippen LogP contribution in [0, 0.1) is 37.8 Å². The highest BCUT2D eigenvalue weighted by molar-refractivity contribution is 5.81. The fourth-order valence-corrected chi connectivity index (χ4v) is 3.36. The summed E-state index contributed by atoms with van der Waals surface area (Å²) in [6, 6.07) is 14.9. The minimum Gasteiger partial charge on any atom is -0.391 e. The molecule has 1 aromatic heterocycles. The van der Waals surface area contributed by atoms with Crippen molar-refractivity contribution < 1.29 is 9.76 Å². The zero-order valence-corrected chi connectivity index (χ0v) is 16.5. The Morgan fingerprint density at radius 3 is 2.46 bits per heavy atom. The van der Waals surface area contributed by atoms with Crippen LogP contribution in [0.1, 0.15) is 33.6 Å². The molecular weight excluding hydrogens is 354 g/mol. The molecule has 1 heterocycles. The number of aryl methyl sites for hydroxylation is 3. The summed E-state index contributed by atoms with van der Waals surface area (Å²) in [5.74, 6) is 0. The van der Waals surface area contributed by atoms with E-state index in [-0.39, 0.29) is 12.3 Å².